The highest BCUT2D eigenvalue weighted by atomic mass is 32.1. The maximum absolute atomic E-state index is 13.1. The van der Waals surface area contributed by atoms with Crippen LogP contribution in [0.1, 0.15) is 56.1 Å². The van der Waals surface area contributed by atoms with Crippen molar-refractivity contribution in [2.75, 3.05) is 12.0 Å². The summed E-state index contributed by atoms with van der Waals surface area (Å²) in [5.41, 5.74) is 0.581. The Balaban J connectivity index is 2.32. The maximum Gasteiger partial charge on any atom is 0.350 e. The lowest BCUT2D eigenvalue weighted by Gasteiger charge is -2.33. The van der Waals surface area contributed by atoms with Crippen molar-refractivity contribution in [3.05, 3.63) is 10.9 Å². The summed E-state index contributed by atoms with van der Waals surface area (Å²) in [4.78, 5) is 27.2. The van der Waals surface area contributed by atoms with E-state index in [2.05, 4.69) is 6.92 Å². The Bertz CT molecular complexity index is 576. The zero-order valence-corrected chi connectivity index (χ0v) is 15.1. The van der Waals surface area contributed by atoms with Crippen LogP contribution in [0.2, 0.25) is 0 Å². The summed E-state index contributed by atoms with van der Waals surface area (Å²) in [5, 5.41) is 0. The van der Waals surface area contributed by atoms with Crippen molar-refractivity contribution in [3.8, 4) is 0 Å². The summed E-state index contributed by atoms with van der Waals surface area (Å²) in [6.07, 6.45) is 3.99. The largest absolute Gasteiger partial charge is 0.465 e. The van der Waals surface area contributed by atoms with Crippen LogP contribution in [0.25, 0.3) is 0 Å². The number of esters is 1. The highest BCUT2D eigenvalue weighted by Gasteiger charge is 2.33. The molecule has 0 atom stereocenters. The lowest BCUT2D eigenvalue weighted by Crippen LogP contribution is -2.42. The summed E-state index contributed by atoms with van der Waals surface area (Å²) in [6.45, 7) is 6.15. The molecule has 2 radical (unpaired) electrons. The first-order chi connectivity index (χ1) is 10.8. The molecule has 23 heavy (non-hydrogen) atoms. The van der Waals surface area contributed by atoms with Crippen LogP contribution in [0.15, 0.2) is 6.07 Å². The van der Waals surface area contributed by atoms with Crippen molar-refractivity contribution < 1.29 is 14.3 Å². The van der Waals surface area contributed by atoms with Crippen molar-refractivity contribution in [1.82, 2.24) is 0 Å². The molecular weight excluding hydrogens is 309 g/mol. The summed E-state index contributed by atoms with van der Waals surface area (Å²) < 4.78 is 5.35. The van der Waals surface area contributed by atoms with Gasteiger partial charge in [-0.2, -0.15) is 0 Å². The molecule has 1 amide bonds. The standard InChI is InChI=1S/C17H24BNO3S/c1-10(2)19(16(20)12-7-5-11(3)6-8-12)13-9-14(18)23-15(13)17(21)22-4/h9-12H,5-8H2,1-4H3. The molecule has 124 valence electrons. The highest BCUT2D eigenvalue weighted by Crippen LogP contribution is 2.34. The fraction of sp³-hybridized carbons (Fsp3) is 0.647. The quantitative estimate of drug-likeness (QED) is 0.629. The van der Waals surface area contributed by atoms with Crippen molar-refractivity contribution in [2.24, 2.45) is 11.8 Å². The molecule has 0 unspecified atom stereocenters. The highest BCUT2D eigenvalue weighted by molar-refractivity contribution is 7.22. The minimum Gasteiger partial charge on any atom is -0.465 e. The first-order valence-electron chi connectivity index (χ1n) is 8.15. The van der Waals surface area contributed by atoms with Gasteiger partial charge in [0.1, 0.15) is 12.7 Å². The van der Waals surface area contributed by atoms with Gasteiger partial charge in [0.25, 0.3) is 0 Å². The Labute approximate surface area is 143 Å². The molecular formula is C17H24BNO3S. The predicted molar refractivity (Wildman–Crippen MR) is 94.8 cm³/mol. The maximum atomic E-state index is 13.1. The van der Waals surface area contributed by atoms with Gasteiger partial charge in [-0.1, -0.05) is 6.92 Å². The molecule has 1 heterocycles. The van der Waals surface area contributed by atoms with Gasteiger partial charge in [0.2, 0.25) is 5.91 Å². The number of ether oxygens (including phenoxy) is 1. The van der Waals surface area contributed by atoms with Gasteiger partial charge in [0.05, 0.1) is 12.8 Å². The molecule has 1 saturated carbocycles. The first-order valence-corrected chi connectivity index (χ1v) is 8.97. The van der Waals surface area contributed by atoms with Gasteiger partial charge < -0.3 is 9.64 Å². The second kappa shape index (κ2) is 7.52. The molecule has 4 nitrogen and oxygen atoms in total. The monoisotopic (exact) mass is 333 g/mol. The number of carbonyl (C=O) groups is 2. The Morgan fingerprint density at radius 1 is 1.30 bits per heavy atom. The fourth-order valence-corrected chi connectivity index (χ4v) is 4.01. The normalized spacial score (nSPS) is 21.3. The second-order valence-corrected chi connectivity index (χ2v) is 7.70. The summed E-state index contributed by atoms with van der Waals surface area (Å²) in [7, 11) is 7.22. The van der Waals surface area contributed by atoms with E-state index in [4.69, 9.17) is 12.6 Å². The molecule has 0 aromatic carbocycles. The number of methoxy groups -OCH3 is 1. The van der Waals surface area contributed by atoms with Crippen LogP contribution in [-0.2, 0) is 9.53 Å². The molecule has 1 fully saturated rings. The molecule has 1 aliphatic carbocycles. The zero-order valence-electron chi connectivity index (χ0n) is 14.3. The molecule has 1 aromatic heterocycles. The minimum atomic E-state index is -0.447. The average molecular weight is 333 g/mol. The Hall–Kier alpha value is -1.30. The number of carbonyl (C=O) groups excluding carboxylic acids is 2. The van der Waals surface area contributed by atoms with Gasteiger partial charge in [0, 0.05) is 12.0 Å². The first kappa shape index (κ1) is 18.0. The third kappa shape index (κ3) is 3.97. The Kier molecular flexibility index (Phi) is 5.90. The van der Waals surface area contributed by atoms with E-state index in [1.807, 2.05) is 13.8 Å². The van der Waals surface area contributed by atoms with E-state index >= 15 is 0 Å². The molecule has 0 spiro atoms. The van der Waals surface area contributed by atoms with Gasteiger partial charge >= 0.3 is 5.97 Å². The number of amides is 1. The second-order valence-electron chi connectivity index (χ2n) is 6.61. The number of nitrogens with zero attached hydrogens (tertiary/aromatic N) is 1. The van der Waals surface area contributed by atoms with Crippen LogP contribution < -0.4 is 9.68 Å². The van der Waals surface area contributed by atoms with E-state index in [0.717, 1.165) is 25.7 Å². The predicted octanol–water partition coefficient (Wildman–Crippen LogP) is 2.90. The fourth-order valence-electron chi connectivity index (χ4n) is 3.17. The van der Waals surface area contributed by atoms with Gasteiger partial charge in [-0.3, -0.25) is 4.79 Å². The molecule has 1 aromatic rings. The van der Waals surface area contributed by atoms with Gasteiger partial charge in [-0.15, -0.1) is 11.3 Å². The summed E-state index contributed by atoms with van der Waals surface area (Å²) in [5.74, 6) is 0.362. The molecule has 2 rings (SSSR count). The lowest BCUT2D eigenvalue weighted by atomic mass is 9.82. The van der Waals surface area contributed by atoms with E-state index in [-0.39, 0.29) is 17.9 Å². The Morgan fingerprint density at radius 3 is 2.43 bits per heavy atom. The van der Waals surface area contributed by atoms with E-state index in [9.17, 15) is 9.59 Å². The van der Waals surface area contributed by atoms with Gasteiger partial charge in [-0.25, -0.2) is 4.79 Å². The molecule has 0 saturated heterocycles. The van der Waals surface area contributed by atoms with Crippen molar-refractivity contribution in [3.63, 3.8) is 0 Å². The van der Waals surface area contributed by atoms with Crippen LogP contribution in [-0.4, -0.2) is 32.9 Å². The average Bonchev–Trinajstić information content (AvgIpc) is 2.88. The van der Waals surface area contributed by atoms with Crippen molar-refractivity contribution in [2.45, 2.75) is 52.5 Å². The zero-order chi connectivity index (χ0) is 17.1. The SMILES string of the molecule is [B]c1cc(N(C(=O)C2CCC(C)CC2)C(C)C)c(C(=O)OC)s1. The van der Waals surface area contributed by atoms with Crippen LogP contribution >= 0.6 is 11.3 Å². The molecule has 0 bridgehead atoms. The molecule has 6 heteroatoms. The van der Waals surface area contributed by atoms with E-state index in [1.165, 1.54) is 18.4 Å². The van der Waals surface area contributed by atoms with Crippen LogP contribution in [0, 0.1) is 11.8 Å². The number of thiophene rings is 1. The molecule has 1 aliphatic rings. The number of hydrogen-bond acceptors (Lipinski definition) is 4. The third-order valence-corrected chi connectivity index (χ3v) is 5.41. The van der Waals surface area contributed by atoms with Gasteiger partial charge in [-0.05, 0) is 56.3 Å². The van der Waals surface area contributed by atoms with Gasteiger partial charge in [0.15, 0.2) is 0 Å². The van der Waals surface area contributed by atoms with Crippen LogP contribution in [0.5, 0.6) is 0 Å². The third-order valence-electron chi connectivity index (χ3n) is 4.48. The summed E-state index contributed by atoms with van der Waals surface area (Å²) in [6, 6.07) is 1.67. The minimum absolute atomic E-state index is 0.0280. The van der Waals surface area contributed by atoms with E-state index < -0.39 is 5.97 Å². The van der Waals surface area contributed by atoms with E-state index in [0.29, 0.717) is 21.3 Å². The van der Waals surface area contributed by atoms with E-state index in [1.54, 1.807) is 11.0 Å². The smallest absolute Gasteiger partial charge is 0.350 e. The molecule has 0 aliphatic heterocycles. The topological polar surface area (TPSA) is 46.6 Å². The van der Waals surface area contributed by atoms with Crippen molar-refractivity contribution in [1.29, 1.82) is 0 Å². The Morgan fingerprint density at radius 2 is 1.91 bits per heavy atom. The number of rotatable bonds is 4. The van der Waals surface area contributed by atoms with Crippen molar-refractivity contribution >= 4 is 41.5 Å². The lowest BCUT2D eigenvalue weighted by molar-refractivity contribution is -0.123. The van der Waals surface area contributed by atoms with Crippen LogP contribution in [0.4, 0.5) is 5.69 Å². The number of anilines is 1. The molecule has 0 N–H and O–H groups in total. The summed E-state index contributed by atoms with van der Waals surface area (Å²) >= 11 is 1.17. The van der Waals surface area contributed by atoms with Crippen LogP contribution in [0.3, 0.4) is 0 Å². The number of hydrogen-bond donors (Lipinski definition) is 0.